The summed E-state index contributed by atoms with van der Waals surface area (Å²) in [6, 6.07) is 18.3. The number of halogens is 1. The minimum atomic E-state index is 0. The molecule has 6 nitrogen and oxygen atoms in total. The lowest BCUT2D eigenvalue weighted by atomic mass is 10.1. The van der Waals surface area contributed by atoms with Gasteiger partial charge in [-0.05, 0) is 42.5 Å². The van der Waals surface area contributed by atoms with Crippen molar-refractivity contribution in [1.29, 1.82) is 0 Å². The van der Waals surface area contributed by atoms with E-state index in [9.17, 15) is 0 Å². The third-order valence-corrected chi connectivity index (χ3v) is 5.49. The first-order valence-electron chi connectivity index (χ1n) is 11.1. The van der Waals surface area contributed by atoms with Gasteiger partial charge in [-0.1, -0.05) is 42.5 Å². The van der Waals surface area contributed by atoms with Gasteiger partial charge >= 0.3 is 0 Å². The SMILES string of the molecule is CN=C(NCc1ccccc1COc1ccccc1)N1CCC(OCCCOC)CC1.I. The Labute approximate surface area is 209 Å². The number of piperidine rings is 1. The minimum Gasteiger partial charge on any atom is -0.489 e. The smallest absolute Gasteiger partial charge is 0.193 e. The number of nitrogens with zero attached hydrogens (tertiary/aromatic N) is 2. The molecule has 0 amide bonds. The zero-order valence-electron chi connectivity index (χ0n) is 19.2. The Morgan fingerprint density at radius 3 is 2.38 bits per heavy atom. The predicted molar refractivity (Wildman–Crippen MR) is 140 cm³/mol. The third kappa shape index (κ3) is 8.60. The van der Waals surface area contributed by atoms with Crippen LogP contribution in [0.3, 0.4) is 0 Å². The number of nitrogens with one attached hydrogen (secondary N) is 1. The number of aliphatic imine (C=N–C) groups is 1. The van der Waals surface area contributed by atoms with E-state index in [2.05, 4.69) is 39.5 Å². The maximum absolute atomic E-state index is 5.97. The highest BCUT2D eigenvalue weighted by Gasteiger charge is 2.21. The molecule has 1 aliphatic rings. The second-order valence-corrected chi connectivity index (χ2v) is 7.67. The van der Waals surface area contributed by atoms with Crippen molar-refractivity contribution in [3.05, 3.63) is 65.7 Å². The lowest BCUT2D eigenvalue weighted by Crippen LogP contribution is -2.46. The molecule has 0 saturated carbocycles. The fourth-order valence-corrected chi connectivity index (χ4v) is 3.74. The highest BCUT2D eigenvalue weighted by molar-refractivity contribution is 14.0. The second-order valence-electron chi connectivity index (χ2n) is 7.67. The van der Waals surface area contributed by atoms with Gasteiger partial charge in [0.15, 0.2) is 5.96 Å². The summed E-state index contributed by atoms with van der Waals surface area (Å²) >= 11 is 0. The van der Waals surface area contributed by atoms with Crippen molar-refractivity contribution in [2.75, 3.05) is 40.5 Å². The van der Waals surface area contributed by atoms with E-state index < -0.39 is 0 Å². The number of benzene rings is 2. The third-order valence-electron chi connectivity index (χ3n) is 5.49. The van der Waals surface area contributed by atoms with Gasteiger partial charge in [0.05, 0.1) is 6.10 Å². The molecule has 0 unspecified atom stereocenters. The van der Waals surface area contributed by atoms with E-state index in [1.807, 2.05) is 37.4 Å². The van der Waals surface area contributed by atoms with Gasteiger partial charge < -0.3 is 24.4 Å². The average Bonchev–Trinajstić information content (AvgIpc) is 2.83. The molecular weight excluding hydrogens is 517 g/mol. The number of guanidine groups is 1. The Morgan fingerprint density at radius 1 is 1.00 bits per heavy atom. The Kier molecular flexibility index (Phi) is 12.4. The van der Waals surface area contributed by atoms with Gasteiger partial charge in [-0.3, -0.25) is 4.99 Å². The zero-order valence-corrected chi connectivity index (χ0v) is 21.5. The molecule has 1 N–H and O–H groups in total. The van der Waals surface area contributed by atoms with Crippen LogP contribution >= 0.6 is 24.0 Å². The molecule has 2 aromatic carbocycles. The number of hydrogen-bond donors (Lipinski definition) is 1. The normalized spacial score (nSPS) is 14.7. The van der Waals surface area contributed by atoms with Crippen LogP contribution in [0.5, 0.6) is 5.75 Å². The predicted octanol–water partition coefficient (Wildman–Crippen LogP) is 4.48. The number of rotatable bonds is 10. The van der Waals surface area contributed by atoms with E-state index in [4.69, 9.17) is 14.2 Å². The maximum Gasteiger partial charge on any atom is 0.193 e. The number of para-hydroxylation sites is 1. The van der Waals surface area contributed by atoms with Crippen LogP contribution in [-0.4, -0.2) is 57.4 Å². The van der Waals surface area contributed by atoms with Crippen molar-refractivity contribution < 1.29 is 14.2 Å². The van der Waals surface area contributed by atoms with Crippen LogP contribution in [0.1, 0.15) is 30.4 Å². The molecule has 176 valence electrons. The Morgan fingerprint density at radius 2 is 1.69 bits per heavy atom. The van der Waals surface area contributed by atoms with Gasteiger partial charge in [0, 0.05) is 47.0 Å². The molecule has 0 radical (unpaired) electrons. The molecule has 1 heterocycles. The molecule has 1 aliphatic heterocycles. The summed E-state index contributed by atoms with van der Waals surface area (Å²) in [5, 5.41) is 3.53. The summed E-state index contributed by atoms with van der Waals surface area (Å²) in [6.07, 6.45) is 3.33. The van der Waals surface area contributed by atoms with Crippen LogP contribution in [0.4, 0.5) is 0 Å². The standard InChI is InChI=1S/C25H35N3O3.HI/c1-26-25(28-15-13-24(14-16-28)30-18-8-17-29-2)27-19-21-9-6-7-10-22(21)20-31-23-11-4-3-5-12-23;/h3-7,9-12,24H,8,13-20H2,1-2H3,(H,26,27);1H. The van der Waals surface area contributed by atoms with Crippen molar-refractivity contribution in [2.24, 2.45) is 4.99 Å². The topological polar surface area (TPSA) is 55.3 Å². The van der Waals surface area contributed by atoms with Crippen molar-refractivity contribution >= 4 is 29.9 Å². The van der Waals surface area contributed by atoms with Crippen molar-refractivity contribution in [3.8, 4) is 5.75 Å². The summed E-state index contributed by atoms with van der Waals surface area (Å²) in [6.45, 7) is 4.70. The highest BCUT2D eigenvalue weighted by atomic mass is 127. The first-order valence-corrected chi connectivity index (χ1v) is 11.1. The van der Waals surface area contributed by atoms with E-state index >= 15 is 0 Å². The van der Waals surface area contributed by atoms with E-state index in [0.717, 1.165) is 57.3 Å². The second kappa shape index (κ2) is 15.1. The molecular formula is C25H36IN3O3. The monoisotopic (exact) mass is 553 g/mol. The first-order chi connectivity index (χ1) is 15.3. The Balaban J connectivity index is 0.00000363. The summed E-state index contributed by atoms with van der Waals surface area (Å²) in [4.78, 5) is 6.82. The molecule has 0 spiro atoms. The number of hydrogen-bond acceptors (Lipinski definition) is 4. The van der Waals surface area contributed by atoms with E-state index in [-0.39, 0.29) is 24.0 Å². The van der Waals surface area contributed by atoms with Gasteiger partial charge in [-0.15, -0.1) is 24.0 Å². The van der Waals surface area contributed by atoms with E-state index in [1.165, 1.54) is 11.1 Å². The van der Waals surface area contributed by atoms with Crippen LogP contribution in [0.2, 0.25) is 0 Å². The van der Waals surface area contributed by atoms with Crippen LogP contribution in [0, 0.1) is 0 Å². The van der Waals surface area contributed by atoms with Gasteiger partial charge in [-0.25, -0.2) is 0 Å². The van der Waals surface area contributed by atoms with Crippen molar-refractivity contribution in [1.82, 2.24) is 10.2 Å². The maximum atomic E-state index is 5.97. The molecule has 1 saturated heterocycles. The number of methoxy groups -OCH3 is 1. The van der Waals surface area contributed by atoms with Crippen LogP contribution in [0.15, 0.2) is 59.6 Å². The summed E-state index contributed by atoms with van der Waals surface area (Å²) in [5.41, 5.74) is 2.40. The Hall–Kier alpha value is -1.84. The van der Waals surface area contributed by atoms with Gasteiger partial charge in [0.25, 0.3) is 0 Å². The summed E-state index contributed by atoms with van der Waals surface area (Å²) in [5.74, 6) is 1.82. The van der Waals surface area contributed by atoms with Gasteiger partial charge in [0.2, 0.25) is 0 Å². The molecule has 7 heteroatoms. The molecule has 0 atom stereocenters. The minimum absolute atomic E-state index is 0. The van der Waals surface area contributed by atoms with Crippen molar-refractivity contribution in [2.45, 2.75) is 38.5 Å². The average molecular weight is 553 g/mol. The largest absolute Gasteiger partial charge is 0.489 e. The van der Waals surface area contributed by atoms with E-state index in [0.29, 0.717) is 19.3 Å². The first kappa shape index (κ1) is 26.4. The van der Waals surface area contributed by atoms with Gasteiger partial charge in [-0.2, -0.15) is 0 Å². The molecule has 2 aromatic rings. The Bertz CT molecular complexity index is 796. The fourth-order valence-electron chi connectivity index (χ4n) is 3.74. The van der Waals surface area contributed by atoms with Crippen LogP contribution in [-0.2, 0) is 22.6 Å². The quantitative estimate of drug-likeness (QED) is 0.204. The summed E-state index contributed by atoms with van der Waals surface area (Å²) < 4.78 is 17.0. The summed E-state index contributed by atoms with van der Waals surface area (Å²) in [7, 11) is 3.58. The van der Waals surface area contributed by atoms with Crippen LogP contribution < -0.4 is 10.1 Å². The van der Waals surface area contributed by atoms with Crippen molar-refractivity contribution in [3.63, 3.8) is 0 Å². The van der Waals surface area contributed by atoms with E-state index in [1.54, 1.807) is 7.11 Å². The highest BCUT2D eigenvalue weighted by Crippen LogP contribution is 2.16. The molecule has 1 fully saturated rings. The van der Waals surface area contributed by atoms with Gasteiger partial charge in [0.1, 0.15) is 12.4 Å². The molecule has 0 bridgehead atoms. The molecule has 3 rings (SSSR count). The fraction of sp³-hybridized carbons (Fsp3) is 0.480. The molecule has 0 aromatic heterocycles. The molecule has 32 heavy (non-hydrogen) atoms. The lowest BCUT2D eigenvalue weighted by Gasteiger charge is -2.34. The lowest BCUT2D eigenvalue weighted by molar-refractivity contribution is 0.00989. The molecule has 0 aliphatic carbocycles. The van der Waals surface area contributed by atoms with Crippen LogP contribution in [0.25, 0.3) is 0 Å². The number of ether oxygens (including phenoxy) is 3. The zero-order chi connectivity index (χ0) is 21.7. The number of likely N-dealkylation sites (tertiary alicyclic amines) is 1.